The SMILES string of the molecule is CCCc1nc(CNC2(CO)CC(C)CC(C)(C)C2)no1. The van der Waals surface area contributed by atoms with Crippen LogP contribution in [0.15, 0.2) is 4.52 Å². The van der Waals surface area contributed by atoms with Crippen LogP contribution in [-0.2, 0) is 13.0 Å². The molecule has 1 saturated carbocycles. The molecule has 0 aliphatic heterocycles. The normalized spacial score (nSPS) is 28.7. The third kappa shape index (κ3) is 4.27. The van der Waals surface area contributed by atoms with Crippen molar-refractivity contribution in [1.29, 1.82) is 0 Å². The van der Waals surface area contributed by atoms with Gasteiger partial charge in [-0.25, -0.2) is 0 Å². The Morgan fingerprint density at radius 1 is 1.38 bits per heavy atom. The Hall–Kier alpha value is -0.940. The number of aryl methyl sites for hydroxylation is 1. The van der Waals surface area contributed by atoms with Gasteiger partial charge >= 0.3 is 0 Å². The van der Waals surface area contributed by atoms with Crippen LogP contribution in [-0.4, -0.2) is 27.4 Å². The van der Waals surface area contributed by atoms with Gasteiger partial charge in [-0.05, 0) is 37.0 Å². The molecule has 5 nitrogen and oxygen atoms in total. The van der Waals surface area contributed by atoms with E-state index in [2.05, 4.69) is 43.2 Å². The zero-order valence-corrected chi connectivity index (χ0v) is 13.8. The lowest BCUT2D eigenvalue weighted by Gasteiger charge is -2.47. The highest BCUT2D eigenvalue weighted by Gasteiger charge is 2.42. The zero-order chi connectivity index (χ0) is 15.5. The summed E-state index contributed by atoms with van der Waals surface area (Å²) < 4.78 is 5.21. The molecule has 0 bridgehead atoms. The molecule has 1 aliphatic carbocycles. The molecule has 0 amide bonds. The lowest BCUT2D eigenvalue weighted by Crippen LogP contribution is -2.55. The van der Waals surface area contributed by atoms with Gasteiger partial charge in [-0.1, -0.05) is 32.9 Å². The van der Waals surface area contributed by atoms with Crippen molar-refractivity contribution in [2.24, 2.45) is 11.3 Å². The predicted octanol–water partition coefficient (Wildman–Crippen LogP) is 2.69. The van der Waals surface area contributed by atoms with E-state index in [0.717, 1.165) is 25.7 Å². The van der Waals surface area contributed by atoms with Crippen LogP contribution in [0.4, 0.5) is 0 Å². The first-order chi connectivity index (χ1) is 9.88. The monoisotopic (exact) mass is 295 g/mol. The second-order valence-electron chi connectivity index (χ2n) is 7.50. The molecule has 2 rings (SSSR count). The summed E-state index contributed by atoms with van der Waals surface area (Å²) >= 11 is 0. The Balaban J connectivity index is 2.00. The summed E-state index contributed by atoms with van der Waals surface area (Å²) in [5.74, 6) is 1.99. The van der Waals surface area contributed by atoms with Crippen molar-refractivity contribution in [3.8, 4) is 0 Å². The fourth-order valence-electron chi connectivity index (χ4n) is 4.00. The highest BCUT2D eigenvalue weighted by molar-refractivity contribution is 5.00. The minimum atomic E-state index is -0.229. The summed E-state index contributed by atoms with van der Waals surface area (Å²) in [5.41, 5.74) is 0.0186. The van der Waals surface area contributed by atoms with Crippen LogP contribution in [0, 0.1) is 11.3 Å². The van der Waals surface area contributed by atoms with E-state index in [9.17, 15) is 5.11 Å². The van der Waals surface area contributed by atoms with E-state index >= 15 is 0 Å². The Kier molecular flexibility index (Phi) is 5.04. The molecule has 1 heterocycles. The topological polar surface area (TPSA) is 71.2 Å². The zero-order valence-electron chi connectivity index (χ0n) is 13.8. The number of rotatable bonds is 6. The van der Waals surface area contributed by atoms with Crippen molar-refractivity contribution in [2.75, 3.05) is 6.61 Å². The Morgan fingerprint density at radius 3 is 2.76 bits per heavy atom. The van der Waals surface area contributed by atoms with Crippen molar-refractivity contribution < 1.29 is 9.63 Å². The average Bonchev–Trinajstić information content (AvgIpc) is 2.82. The smallest absolute Gasteiger partial charge is 0.226 e. The first-order valence-electron chi connectivity index (χ1n) is 8.05. The summed E-state index contributed by atoms with van der Waals surface area (Å²) in [4.78, 5) is 4.38. The lowest BCUT2D eigenvalue weighted by atomic mass is 9.64. The van der Waals surface area contributed by atoms with Gasteiger partial charge in [0.2, 0.25) is 5.89 Å². The molecular formula is C16H29N3O2. The summed E-state index contributed by atoms with van der Waals surface area (Å²) in [6, 6.07) is 0. The summed E-state index contributed by atoms with van der Waals surface area (Å²) in [6.07, 6.45) is 5.00. The van der Waals surface area contributed by atoms with E-state index in [0.29, 0.717) is 24.2 Å². The van der Waals surface area contributed by atoms with Crippen LogP contribution >= 0.6 is 0 Å². The minimum Gasteiger partial charge on any atom is -0.394 e. The number of nitrogens with zero attached hydrogens (tertiary/aromatic N) is 2. The van der Waals surface area contributed by atoms with Crippen molar-refractivity contribution in [2.45, 2.75) is 71.9 Å². The Bertz CT molecular complexity index is 458. The fraction of sp³-hybridized carbons (Fsp3) is 0.875. The third-order valence-electron chi connectivity index (χ3n) is 4.36. The summed E-state index contributed by atoms with van der Waals surface area (Å²) in [5, 5.41) is 17.4. The first-order valence-corrected chi connectivity index (χ1v) is 8.05. The van der Waals surface area contributed by atoms with Crippen LogP contribution < -0.4 is 5.32 Å². The molecule has 0 aromatic carbocycles. The van der Waals surface area contributed by atoms with Gasteiger partial charge in [0.25, 0.3) is 0 Å². The van der Waals surface area contributed by atoms with Gasteiger partial charge in [0, 0.05) is 12.0 Å². The molecule has 1 fully saturated rings. The minimum absolute atomic E-state index is 0.153. The van der Waals surface area contributed by atoms with Gasteiger partial charge in [-0.2, -0.15) is 4.98 Å². The van der Waals surface area contributed by atoms with E-state index < -0.39 is 0 Å². The van der Waals surface area contributed by atoms with Crippen molar-refractivity contribution in [3.63, 3.8) is 0 Å². The van der Waals surface area contributed by atoms with Crippen LogP contribution in [0.1, 0.15) is 65.1 Å². The molecule has 5 heteroatoms. The quantitative estimate of drug-likeness (QED) is 0.844. The van der Waals surface area contributed by atoms with Crippen molar-refractivity contribution in [3.05, 3.63) is 11.7 Å². The molecule has 1 aliphatic rings. The molecule has 0 spiro atoms. The largest absolute Gasteiger partial charge is 0.394 e. The molecule has 1 aromatic heterocycles. The van der Waals surface area contributed by atoms with Gasteiger partial charge < -0.3 is 14.9 Å². The number of hydrogen-bond donors (Lipinski definition) is 2. The van der Waals surface area contributed by atoms with E-state index in [1.54, 1.807) is 0 Å². The molecule has 120 valence electrons. The van der Waals surface area contributed by atoms with Crippen molar-refractivity contribution >= 4 is 0 Å². The molecule has 1 aromatic rings. The van der Waals surface area contributed by atoms with Gasteiger partial charge in [-0.3, -0.25) is 0 Å². The highest BCUT2D eigenvalue weighted by atomic mass is 16.5. The van der Waals surface area contributed by atoms with Crippen LogP contribution in [0.5, 0.6) is 0 Å². The maximum Gasteiger partial charge on any atom is 0.226 e. The summed E-state index contributed by atoms with van der Waals surface area (Å²) in [7, 11) is 0. The van der Waals surface area contributed by atoms with E-state index in [4.69, 9.17) is 4.52 Å². The van der Waals surface area contributed by atoms with Crippen LogP contribution in [0.3, 0.4) is 0 Å². The number of nitrogens with one attached hydrogen (secondary N) is 1. The van der Waals surface area contributed by atoms with E-state index in [1.165, 1.54) is 6.42 Å². The second-order valence-corrected chi connectivity index (χ2v) is 7.50. The molecule has 21 heavy (non-hydrogen) atoms. The molecule has 2 unspecified atom stereocenters. The van der Waals surface area contributed by atoms with Crippen LogP contribution in [0.2, 0.25) is 0 Å². The third-order valence-corrected chi connectivity index (χ3v) is 4.36. The van der Waals surface area contributed by atoms with Gasteiger partial charge in [-0.15, -0.1) is 0 Å². The average molecular weight is 295 g/mol. The van der Waals surface area contributed by atoms with E-state index in [-0.39, 0.29) is 17.6 Å². The second kappa shape index (κ2) is 6.44. The molecule has 2 N–H and O–H groups in total. The molecule has 0 saturated heterocycles. The Labute approximate surface area is 127 Å². The molecule has 0 radical (unpaired) electrons. The predicted molar refractivity (Wildman–Crippen MR) is 81.7 cm³/mol. The van der Waals surface area contributed by atoms with Crippen molar-refractivity contribution in [1.82, 2.24) is 15.5 Å². The van der Waals surface area contributed by atoms with E-state index in [1.807, 2.05) is 0 Å². The van der Waals surface area contributed by atoms with Gasteiger partial charge in [0.05, 0.1) is 13.2 Å². The van der Waals surface area contributed by atoms with Gasteiger partial charge in [0.15, 0.2) is 5.82 Å². The first kappa shape index (κ1) is 16.4. The summed E-state index contributed by atoms with van der Waals surface area (Å²) in [6.45, 7) is 9.62. The highest BCUT2D eigenvalue weighted by Crippen LogP contribution is 2.43. The molecular weight excluding hydrogens is 266 g/mol. The number of aliphatic hydroxyl groups is 1. The standard InChI is InChI=1S/C16H29N3O2/c1-5-6-14-18-13(19-21-14)9-17-16(11-20)8-12(2)7-15(3,4)10-16/h12,17,20H,5-11H2,1-4H3. The fourth-order valence-corrected chi connectivity index (χ4v) is 4.00. The lowest BCUT2D eigenvalue weighted by molar-refractivity contribution is 0.0347. The Morgan fingerprint density at radius 2 is 2.14 bits per heavy atom. The van der Waals surface area contributed by atoms with Crippen LogP contribution in [0.25, 0.3) is 0 Å². The maximum absolute atomic E-state index is 9.93. The maximum atomic E-state index is 9.93. The molecule has 2 atom stereocenters. The number of aliphatic hydroxyl groups excluding tert-OH is 1. The number of hydrogen-bond acceptors (Lipinski definition) is 5. The van der Waals surface area contributed by atoms with Gasteiger partial charge in [0.1, 0.15) is 0 Å². The number of aromatic nitrogens is 2.